The lowest BCUT2D eigenvalue weighted by atomic mass is 10.0. The van der Waals surface area contributed by atoms with E-state index in [1.54, 1.807) is 0 Å². The molecular formula is C15H18N2O4. The highest BCUT2D eigenvalue weighted by Gasteiger charge is 2.35. The molecule has 6 heteroatoms. The van der Waals surface area contributed by atoms with Gasteiger partial charge in [-0.05, 0) is 11.1 Å². The van der Waals surface area contributed by atoms with E-state index in [-0.39, 0.29) is 30.6 Å². The number of nitrogens with one attached hydrogen (secondary N) is 1. The molecule has 0 aliphatic carbocycles. The third-order valence-electron chi connectivity index (χ3n) is 3.60. The second-order valence-corrected chi connectivity index (χ2v) is 4.95. The molecule has 2 rings (SSSR count). The molecule has 21 heavy (non-hydrogen) atoms. The number of methoxy groups -OCH3 is 1. The van der Waals surface area contributed by atoms with Crippen LogP contribution in [0.2, 0.25) is 0 Å². The number of esters is 1. The van der Waals surface area contributed by atoms with Gasteiger partial charge in [0.15, 0.2) is 0 Å². The summed E-state index contributed by atoms with van der Waals surface area (Å²) in [6.07, 6.45) is 0.361. The number of amides is 2. The lowest BCUT2D eigenvalue weighted by Crippen LogP contribution is -2.36. The van der Waals surface area contributed by atoms with Gasteiger partial charge in [0.25, 0.3) is 0 Å². The van der Waals surface area contributed by atoms with Crippen molar-refractivity contribution < 1.29 is 19.1 Å². The lowest BCUT2D eigenvalue weighted by molar-refractivity contribution is -0.140. The Bertz CT molecular complexity index is 571. The molecule has 0 saturated carbocycles. The van der Waals surface area contributed by atoms with E-state index < -0.39 is 6.04 Å². The second kappa shape index (κ2) is 6.49. The van der Waals surface area contributed by atoms with Gasteiger partial charge in [0, 0.05) is 13.6 Å². The van der Waals surface area contributed by atoms with Crippen LogP contribution in [0.3, 0.4) is 0 Å². The van der Waals surface area contributed by atoms with Gasteiger partial charge < -0.3 is 10.1 Å². The van der Waals surface area contributed by atoms with Gasteiger partial charge >= 0.3 is 5.97 Å². The summed E-state index contributed by atoms with van der Waals surface area (Å²) in [5.74, 6) is -0.708. The van der Waals surface area contributed by atoms with Crippen LogP contribution in [0.5, 0.6) is 0 Å². The molecule has 6 nitrogen and oxygen atoms in total. The van der Waals surface area contributed by atoms with Gasteiger partial charge in [-0.1, -0.05) is 24.3 Å². The monoisotopic (exact) mass is 290 g/mol. The lowest BCUT2D eigenvalue weighted by Gasteiger charge is -2.13. The Hall–Kier alpha value is -2.21. The van der Waals surface area contributed by atoms with Gasteiger partial charge in [-0.2, -0.15) is 0 Å². The van der Waals surface area contributed by atoms with Crippen LogP contribution in [0.25, 0.3) is 0 Å². The fourth-order valence-electron chi connectivity index (χ4n) is 2.28. The van der Waals surface area contributed by atoms with Crippen molar-refractivity contribution in [1.82, 2.24) is 10.2 Å². The first-order valence-corrected chi connectivity index (χ1v) is 6.70. The molecule has 1 atom stereocenters. The molecule has 1 saturated heterocycles. The maximum absolute atomic E-state index is 11.8. The molecule has 1 aliphatic rings. The third-order valence-corrected chi connectivity index (χ3v) is 3.60. The number of hydrogen-bond acceptors (Lipinski definition) is 5. The molecular weight excluding hydrogens is 272 g/mol. The summed E-state index contributed by atoms with van der Waals surface area (Å²) in [5, 5.41) is 3.08. The molecule has 1 N–H and O–H groups in total. The second-order valence-electron chi connectivity index (χ2n) is 4.95. The molecule has 0 bridgehead atoms. The van der Waals surface area contributed by atoms with E-state index in [0.717, 1.165) is 16.0 Å². The van der Waals surface area contributed by atoms with Gasteiger partial charge in [-0.25, -0.2) is 0 Å². The molecule has 2 amide bonds. The maximum Gasteiger partial charge on any atom is 0.309 e. The fraction of sp³-hybridized carbons (Fsp3) is 0.400. The Balaban J connectivity index is 2.02. The van der Waals surface area contributed by atoms with E-state index in [9.17, 15) is 14.4 Å². The summed E-state index contributed by atoms with van der Waals surface area (Å²) in [7, 11) is 2.83. The van der Waals surface area contributed by atoms with Crippen LogP contribution < -0.4 is 5.32 Å². The van der Waals surface area contributed by atoms with Crippen LogP contribution in [-0.2, 0) is 32.1 Å². The normalized spacial score (nSPS) is 18.2. The van der Waals surface area contributed by atoms with Crippen LogP contribution in [0.1, 0.15) is 17.5 Å². The third kappa shape index (κ3) is 3.46. The minimum atomic E-state index is -0.492. The Labute approximate surface area is 123 Å². The highest BCUT2D eigenvalue weighted by Crippen LogP contribution is 2.14. The van der Waals surface area contributed by atoms with Gasteiger partial charge in [0.05, 0.1) is 26.0 Å². The topological polar surface area (TPSA) is 75.7 Å². The Kier molecular flexibility index (Phi) is 4.70. The van der Waals surface area contributed by atoms with E-state index in [0.29, 0.717) is 6.54 Å². The molecule has 1 aliphatic heterocycles. The van der Waals surface area contributed by atoms with Gasteiger partial charge in [-0.3, -0.25) is 19.3 Å². The SMILES string of the molecule is COC(=O)Cc1ccccc1CNC1CC(=O)N(C)C1=O. The van der Waals surface area contributed by atoms with Crippen LogP contribution in [0.4, 0.5) is 0 Å². The zero-order valence-corrected chi connectivity index (χ0v) is 12.1. The zero-order chi connectivity index (χ0) is 15.4. The summed E-state index contributed by atoms with van der Waals surface area (Å²) in [4.78, 5) is 35.8. The number of nitrogens with zero attached hydrogens (tertiary/aromatic N) is 1. The summed E-state index contributed by atoms with van der Waals surface area (Å²) in [5.41, 5.74) is 1.76. The van der Waals surface area contributed by atoms with Gasteiger partial charge in [0.1, 0.15) is 0 Å². The summed E-state index contributed by atoms with van der Waals surface area (Å²) in [6, 6.07) is 6.96. The van der Waals surface area contributed by atoms with Crippen molar-refractivity contribution in [1.29, 1.82) is 0 Å². The fourth-order valence-corrected chi connectivity index (χ4v) is 2.28. The maximum atomic E-state index is 11.8. The Morgan fingerprint density at radius 2 is 2.00 bits per heavy atom. The predicted molar refractivity (Wildman–Crippen MR) is 75.2 cm³/mol. The molecule has 1 heterocycles. The molecule has 0 radical (unpaired) electrons. The molecule has 1 aromatic rings. The molecule has 112 valence electrons. The highest BCUT2D eigenvalue weighted by molar-refractivity contribution is 6.05. The van der Waals surface area contributed by atoms with Crippen molar-refractivity contribution in [2.24, 2.45) is 0 Å². The smallest absolute Gasteiger partial charge is 0.309 e. The summed E-state index contributed by atoms with van der Waals surface area (Å²) >= 11 is 0. The molecule has 0 aromatic heterocycles. The number of ether oxygens (including phenoxy) is 1. The first-order chi connectivity index (χ1) is 10.0. The van der Waals surface area contributed by atoms with E-state index in [1.807, 2.05) is 24.3 Å². The number of carbonyl (C=O) groups is 3. The van der Waals surface area contributed by atoms with Crippen LogP contribution in [0, 0.1) is 0 Å². The Morgan fingerprint density at radius 1 is 1.33 bits per heavy atom. The number of benzene rings is 1. The van der Waals surface area contributed by atoms with E-state index in [2.05, 4.69) is 10.1 Å². The quantitative estimate of drug-likeness (QED) is 0.621. The Morgan fingerprint density at radius 3 is 2.57 bits per heavy atom. The minimum Gasteiger partial charge on any atom is -0.469 e. The van der Waals surface area contributed by atoms with E-state index in [4.69, 9.17) is 0 Å². The average molecular weight is 290 g/mol. The van der Waals surface area contributed by atoms with Crippen molar-refractivity contribution in [3.05, 3.63) is 35.4 Å². The largest absolute Gasteiger partial charge is 0.469 e. The number of carbonyl (C=O) groups excluding carboxylic acids is 3. The average Bonchev–Trinajstić information content (AvgIpc) is 2.73. The van der Waals surface area contributed by atoms with Crippen LogP contribution in [-0.4, -0.2) is 42.9 Å². The standard InChI is InChI=1S/C15H18N2O4/c1-17-13(18)8-12(15(17)20)16-9-11-6-4-3-5-10(11)7-14(19)21-2/h3-6,12,16H,7-9H2,1-2H3. The number of hydrogen-bond donors (Lipinski definition) is 1. The molecule has 0 spiro atoms. The van der Waals surface area contributed by atoms with E-state index in [1.165, 1.54) is 14.2 Å². The van der Waals surface area contributed by atoms with Crippen molar-refractivity contribution in [3.8, 4) is 0 Å². The van der Waals surface area contributed by atoms with Crippen molar-refractivity contribution in [2.75, 3.05) is 14.2 Å². The highest BCUT2D eigenvalue weighted by atomic mass is 16.5. The number of rotatable bonds is 5. The number of imide groups is 1. The molecule has 1 fully saturated rings. The molecule has 1 aromatic carbocycles. The molecule has 1 unspecified atom stereocenters. The van der Waals surface area contributed by atoms with E-state index >= 15 is 0 Å². The van der Waals surface area contributed by atoms with Crippen LogP contribution >= 0.6 is 0 Å². The summed E-state index contributed by atoms with van der Waals surface area (Å²) in [6.45, 7) is 0.421. The number of likely N-dealkylation sites (tertiary alicyclic amines) is 1. The van der Waals surface area contributed by atoms with Gasteiger partial charge in [-0.15, -0.1) is 0 Å². The first-order valence-electron chi connectivity index (χ1n) is 6.70. The van der Waals surface area contributed by atoms with Gasteiger partial charge in [0.2, 0.25) is 11.8 Å². The first kappa shape index (κ1) is 15.2. The van der Waals surface area contributed by atoms with Crippen molar-refractivity contribution >= 4 is 17.8 Å². The van der Waals surface area contributed by atoms with Crippen molar-refractivity contribution in [3.63, 3.8) is 0 Å². The van der Waals surface area contributed by atoms with Crippen molar-refractivity contribution in [2.45, 2.75) is 25.4 Å². The predicted octanol–water partition coefficient (Wildman–Crippen LogP) is 0.249. The van der Waals surface area contributed by atoms with Crippen LogP contribution in [0.15, 0.2) is 24.3 Å². The summed E-state index contributed by atoms with van der Waals surface area (Å²) < 4.78 is 4.67. The minimum absolute atomic E-state index is 0.175. The number of likely N-dealkylation sites (N-methyl/N-ethyl adjacent to an activating group) is 1. The zero-order valence-electron chi connectivity index (χ0n) is 12.1.